The summed E-state index contributed by atoms with van der Waals surface area (Å²) in [5, 5.41) is -11.0. The molecular weight excluding hydrogens is 1150 g/mol. The van der Waals surface area contributed by atoms with Crippen molar-refractivity contribution in [1.82, 2.24) is 9.13 Å². The summed E-state index contributed by atoms with van der Waals surface area (Å²) in [7, 11) is -8.30. The number of hydrogen-bond donors (Lipinski definition) is 0. The SMILES string of the molecule is CC(C)=O.CCCCCCCCCCCCCCCCCCn1cc[n+](C)c1.CCCCCCCCCCCCCCCCCCn1cc[n+](C)c1.O=S(=O)([O-])C(F)(F)C(F)F.O=S(=O)([O-])C(F)(F)C(F)F.[Cl-].[Cl-].[K+].[K+]. The van der Waals surface area contributed by atoms with Crippen LogP contribution in [0.4, 0.5) is 35.1 Å². The fourth-order valence-electron chi connectivity index (χ4n) is 7.17. The normalized spacial score (nSPS) is 11.2. The predicted octanol–water partition coefficient (Wildman–Crippen LogP) is 2.54. The molecule has 444 valence electrons. The Hall–Kier alpha value is 1.20. The van der Waals surface area contributed by atoms with Gasteiger partial charge in [-0.3, -0.25) is 0 Å². The van der Waals surface area contributed by atoms with E-state index >= 15 is 0 Å². The average molecular weight is 1240 g/mol. The van der Waals surface area contributed by atoms with Crippen molar-refractivity contribution in [3.05, 3.63) is 37.4 Å². The zero-order valence-electron chi connectivity index (χ0n) is 47.4. The molecule has 0 radical (unpaired) electrons. The minimum absolute atomic E-state index is 0. The number of ketones is 1. The van der Waals surface area contributed by atoms with E-state index in [1.54, 1.807) is 0 Å². The summed E-state index contributed by atoms with van der Waals surface area (Å²) >= 11 is 0. The summed E-state index contributed by atoms with van der Waals surface area (Å²) < 4.78 is 154. The van der Waals surface area contributed by atoms with Crippen LogP contribution in [0.25, 0.3) is 0 Å². The number of hydrogen-bond acceptors (Lipinski definition) is 7. The van der Waals surface area contributed by atoms with Crippen LogP contribution in [-0.2, 0) is 52.2 Å². The second kappa shape index (κ2) is 58.0. The van der Waals surface area contributed by atoms with Crippen LogP contribution in [0.2, 0.25) is 0 Å². The van der Waals surface area contributed by atoms with E-state index in [0.717, 1.165) is 0 Å². The number of rotatable bonds is 38. The monoisotopic (exact) mass is 1240 g/mol. The molecule has 0 aromatic carbocycles. The zero-order chi connectivity index (χ0) is 55.3. The number of aryl methyl sites for hydroxylation is 4. The average Bonchev–Trinajstić information content (AvgIpc) is 3.92. The molecule has 0 saturated heterocycles. The maximum absolute atomic E-state index is 11.4. The first-order valence-corrected chi connectivity index (χ1v) is 29.3. The number of aromatic nitrogens is 4. The van der Waals surface area contributed by atoms with Gasteiger partial charge < -0.3 is 38.7 Å². The minimum atomic E-state index is -6.23. The van der Waals surface area contributed by atoms with Gasteiger partial charge in [-0.15, -0.1) is 0 Å². The van der Waals surface area contributed by atoms with E-state index in [9.17, 15) is 65.9 Å². The Morgan fingerprint density at radius 3 is 0.737 bits per heavy atom. The van der Waals surface area contributed by atoms with Crippen molar-refractivity contribution in [2.75, 3.05) is 0 Å². The summed E-state index contributed by atoms with van der Waals surface area (Å²) in [6.45, 7) is 10.0. The Morgan fingerprint density at radius 2 is 0.618 bits per heavy atom. The number of carbonyl (C=O) groups is 1. The summed E-state index contributed by atoms with van der Waals surface area (Å²) in [4.78, 5) is 9.44. The largest absolute Gasteiger partial charge is 1.00 e. The Labute approximate surface area is 552 Å². The number of nitrogens with zero attached hydrogens (tertiary/aromatic N) is 4. The van der Waals surface area contributed by atoms with Crippen molar-refractivity contribution in [1.29, 1.82) is 0 Å². The zero-order valence-corrected chi connectivity index (χ0v) is 56.8. The van der Waals surface area contributed by atoms with E-state index in [1.807, 2.05) is 0 Å². The van der Waals surface area contributed by atoms with Crippen molar-refractivity contribution in [2.45, 2.75) is 270 Å². The fourth-order valence-corrected chi connectivity index (χ4v) is 7.61. The van der Waals surface area contributed by atoms with E-state index in [2.05, 4.69) is 83.7 Å². The molecule has 11 nitrogen and oxygen atoms in total. The van der Waals surface area contributed by atoms with Crippen LogP contribution < -0.4 is 137 Å². The first-order chi connectivity index (χ1) is 33.8. The van der Waals surface area contributed by atoms with Crippen molar-refractivity contribution in [2.24, 2.45) is 14.1 Å². The Kier molecular flexibility index (Phi) is 69.4. The molecule has 0 bridgehead atoms. The summed E-state index contributed by atoms with van der Waals surface area (Å²) in [6, 6.07) is 0. The van der Waals surface area contributed by atoms with Crippen LogP contribution in [0.1, 0.15) is 233 Å². The first kappa shape index (κ1) is 91.0. The maximum Gasteiger partial charge on any atom is 1.00 e. The van der Waals surface area contributed by atoms with E-state index in [4.69, 9.17) is 0 Å². The molecule has 0 aliphatic rings. The molecule has 0 amide bonds. The van der Waals surface area contributed by atoms with Gasteiger partial charge >= 0.3 is 126 Å². The van der Waals surface area contributed by atoms with Crippen molar-refractivity contribution in [3.8, 4) is 0 Å². The Bertz CT molecular complexity index is 1670. The fraction of sp³-hybridized carbons (Fsp3) is 0.863. The topological polar surface area (TPSA) is 149 Å². The standard InChI is InChI=1S/2C22H43N2.C3H6O.2C2H2F4O3S.2ClH.2K/c2*1-3-4-5-6-7-8-9-10-11-12-13-14-15-16-17-18-19-24-21-20-23(2)22-24;1-3(2)4;2*3-1(4)2(5,6)10(7,8)9;;;;/h2*20-22H,3-19H2,1-2H3;1-2H3;2*1H,(H,7,8,9);2*1H;;/q2*+1;;;;;;2*+1/p-4. The van der Waals surface area contributed by atoms with E-state index in [0.29, 0.717) is 0 Å². The van der Waals surface area contributed by atoms with Crippen LogP contribution in [0, 0.1) is 0 Å². The van der Waals surface area contributed by atoms with Gasteiger partial charge in [-0.2, -0.15) is 17.6 Å². The van der Waals surface area contributed by atoms with Gasteiger partial charge in [0.15, 0.2) is 20.2 Å². The van der Waals surface area contributed by atoms with E-state index in [1.165, 1.54) is 232 Å². The third kappa shape index (κ3) is 57.0. The van der Waals surface area contributed by atoms with Gasteiger partial charge in [0.1, 0.15) is 30.6 Å². The number of Topliss-reactive ketones (excluding diaryl/α,β-unsaturated/α-hetero) is 1. The van der Waals surface area contributed by atoms with Crippen molar-refractivity contribution in [3.63, 3.8) is 0 Å². The molecule has 2 aromatic heterocycles. The maximum atomic E-state index is 11.4. The number of halogens is 10. The van der Waals surface area contributed by atoms with Crippen molar-refractivity contribution < 1.29 is 203 Å². The third-order valence-corrected chi connectivity index (χ3v) is 13.1. The molecule has 25 heteroatoms. The molecule has 0 spiro atoms. The quantitative estimate of drug-likeness (QED) is 0.0330. The summed E-state index contributed by atoms with van der Waals surface area (Å²) in [5.41, 5.74) is 0. The smallest absolute Gasteiger partial charge is 1.00 e. The van der Waals surface area contributed by atoms with Gasteiger partial charge in [0.2, 0.25) is 12.7 Å². The van der Waals surface area contributed by atoms with Gasteiger partial charge in [0.25, 0.3) is 0 Å². The van der Waals surface area contributed by atoms with Crippen LogP contribution in [0.3, 0.4) is 0 Å². The number of carbonyl (C=O) groups excluding carboxylic acids is 1. The van der Waals surface area contributed by atoms with Crippen LogP contribution >= 0.6 is 0 Å². The molecule has 0 saturated carbocycles. The molecular formula is C51H94Cl2F8K2N4O7S2. The molecule has 0 fully saturated rings. The number of alkyl halides is 8. The van der Waals surface area contributed by atoms with Gasteiger partial charge in [-0.05, 0) is 39.5 Å². The third-order valence-electron chi connectivity index (χ3n) is 11.4. The second-order valence-electron chi connectivity index (χ2n) is 18.8. The van der Waals surface area contributed by atoms with Gasteiger partial charge in [0.05, 0.1) is 27.2 Å². The second-order valence-corrected chi connectivity index (χ2v) is 21.7. The van der Waals surface area contributed by atoms with E-state index in [-0.39, 0.29) is 133 Å². The molecule has 2 aromatic rings. The molecule has 0 aliphatic carbocycles. The molecule has 2 rings (SSSR count). The van der Waals surface area contributed by atoms with Crippen LogP contribution in [0.5, 0.6) is 0 Å². The molecule has 0 unspecified atom stereocenters. The van der Waals surface area contributed by atoms with Crippen molar-refractivity contribution >= 4 is 26.0 Å². The number of unbranched alkanes of at least 4 members (excludes halogenated alkanes) is 30. The Morgan fingerprint density at radius 1 is 0.447 bits per heavy atom. The minimum Gasteiger partial charge on any atom is -1.00 e. The number of imidazole rings is 2. The Balaban J connectivity index is -0.000000171. The van der Waals surface area contributed by atoms with Crippen LogP contribution in [0.15, 0.2) is 37.4 Å². The summed E-state index contributed by atoms with van der Waals surface area (Å²) in [5.74, 6) is 0.167. The first-order valence-electron chi connectivity index (χ1n) is 26.5. The van der Waals surface area contributed by atoms with Gasteiger partial charge in [-0.25, -0.2) is 52.7 Å². The van der Waals surface area contributed by atoms with E-state index < -0.39 is 43.6 Å². The van der Waals surface area contributed by atoms with Gasteiger partial charge in [0, 0.05) is 0 Å². The summed E-state index contributed by atoms with van der Waals surface area (Å²) in [6.07, 6.45) is 50.1. The molecule has 76 heavy (non-hydrogen) atoms. The molecule has 2 heterocycles. The van der Waals surface area contributed by atoms with Crippen LogP contribution in [-0.4, -0.2) is 64.2 Å². The van der Waals surface area contributed by atoms with Gasteiger partial charge in [-0.1, -0.05) is 194 Å². The molecule has 0 atom stereocenters. The molecule has 0 aliphatic heterocycles. The molecule has 0 N–H and O–H groups in total. The predicted molar refractivity (Wildman–Crippen MR) is 268 cm³/mol.